The lowest BCUT2D eigenvalue weighted by atomic mass is 10.1. The fourth-order valence-corrected chi connectivity index (χ4v) is 4.78. The lowest BCUT2D eigenvalue weighted by Crippen LogP contribution is -2.30. The van der Waals surface area contributed by atoms with E-state index in [0.29, 0.717) is 12.1 Å². The zero-order valence-electron chi connectivity index (χ0n) is 13.5. The zero-order valence-corrected chi connectivity index (χ0v) is 14.3. The first-order valence-corrected chi connectivity index (χ1v) is 9.37. The first kappa shape index (κ1) is 16.7. The summed E-state index contributed by atoms with van der Waals surface area (Å²) < 4.78 is 27.6. The van der Waals surface area contributed by atoms with Gasteiger partial charge in [0.15, 0.2) is 0 Å². The van der Waals surface area contributed by atoms with E-state index in [0.717, 1.165) is 18.4 Å². The van der Waals surface area contributed by atoms with E-state index in [1.807, 2.05) is 30.3 Å². The van der Waals surface area contributed by atoms with Gasteiger partial charge in [0.1, 0.15) is 0 Å². The van der Waals surface area contributed by atoms with Crippen LogP contribution in [0.1, 0.15) is 34.8 Å². The molecule has 1 fully saturated rings. The molecule has 1 heterocycles. The minimum Gasteiger partial charge on any atom is -0.355 e. The van der Waals surface area contributed by atoms with Gasteiger partial charge >= 0.3 is 0 Å². The summed E-state index contributed by atoms with van der Waals surface area (Å²) in [5.41, 5.74) is 1.46. The molecule has 1 N–H and O–H groups in total. The molecule has 5 nitrogen and oxygen atoms in total. The first-order valence-electron chi connectivity index (χ1n) is 7.93. The van der Waals surface area contributed by atoms with Crippen LogP contribution < -0.4 is 5.32 Å². The Labute approximate surface area is 142 Å². The molecular formula is C18H20N2O3S. The van der Waals surface area contributed by atoms with Crippen LogP contribution in [-0.2, 0) is 10.0 Å². The number of carbonyl (C=O) groups is 1. The van der Waals surface area contributed by atoms with Crippen LogP contribution in [0, 0.1) is 0 Å². The molecule has 2 aromatic rings. The van der Waals surface area contributed by atoms with Gasteiger partial charge in [0.2, 0.25) is 10.0 Å². The van der Waals surface area contributed by atoms with E-state index in [1.165, 1.54) is 12.1 Å². The molecule has 0 aliphatic carbocycles. The average Bonchev–Trinajstić information content (AvgIpc) is 3.12. The smallest absolute Gasteiger partial charge is 0.251 e. The topological polar surface area (TPSA) is 66.5 Å². The summed E-state index contributed by atoms with van der Waals surface area (Å²) in [7, 11) is -2.04. The first-order chi connectivity index (χ1) is 11.5. The van der Waals surface area contributed by atoms with Gasteiger partial charge < -0.3 is 5.32 Å². The van der Waals surface area contributed by atoms with Crippen LogP contribution >= 0.6 is 0 Å². The molecule has 126 valence electrons. The molecule has 2 aromatic carbocycles. The van der Waals surface area contributed by atoms with Gasteiger partial charge in [-0.15, -0.1) is 0 Å². The van der Waals surface area contributed by atoms with E-state index in [2.05, 4.69) is 5.32 Å². The van der Waals surface area contributed by atoms with Gasteiger partial charge in [0, 0.05) is 19.2 Å². The van der Waals surface area contributed by atoms with Crippen molar-refractivity contribution in [1.82, 2.24) is 9.62 Å². The second-order valence-corrected chi connectivity index (χ2v) is 7.68. The zero-order chi connectivity index (χ0) is 17.2. The number of sulfonamides is 1. The van der Waals surface area contributed by atoms with Crippen molar-refractivity contribution < 1.29 is 13.2 Å². The lowest BCUT2D eigenvalue weighted by molar-refractivity contribution is 0.0963. The molecule has 0 bridgehead atoms. The van der Waals surface area contributed by atoms with Crippen molar-refractivity contribution in [1.29, 1.82) is 0 Å². The van der Waals surface area contributed by atoms with Gasteiger partial charge in [-0.2, -0.15) is 4.31 Å². The Morgan fingerprint density at radius 3 is 2.38 bits per heavy atom. The van der Waals surface area contributed by atoms with Crippen molar-refractivity contribution in [2.45, 2.75) is 23.8 Å². The third-order valence-corrected chi connectivity index (χ3v) is 6.26. The molecule has 1 saturated heterocycles. The number of nitrogens with one attached hydrogen (secondary N) is 1. The minimum absolute atomic E-state index is 0.130. The Morgan fingerprint density at radius 2 is 1.75 bits per heavy atom. The fraction of sp³-hybridized carbons (Fsp3) is 0.278. The number of rotatable bonds is 4. The maximum Gasteiger partial charge on any atom is 0.251 e. The molecular weight excluding hydrogens is 324 g/mol. The van der Waals surface area contributed by atoms with Gasteiger partial charge in [-0.3, -0.25) is 4.79 Å². The van der Waals surface area contributed by atoms with E-state index in [9.17, 15) is 13.2 Å². The SMILES string of the molecule is CNC(=O)c1ccc(S(=O)(=O)N2CCCC2c2ccccc2)cc1. The molecule has 1 aliphatic heterocycles. The second-order valence-electron chi connectivity index (χ2n) is 5.79. The summed E-state index contributed by atoms with van der Waals surface area (Å²) in [4.78, 5) is 11.8. The molecule has 1 atom stereocenters. The van der Waals surface area contributed by atoms with E-state index in [4.69, 9.17) is 0 Å². The number of amides is 1. The molecule has 0 spiro atoms. The van der Waals surface area contributed by atoms with Crippen LogP contribution in [-0.4, -0.2) is 32.2 Å². The molecule has 0 aromatic heterocycles. The van der Waals surface area contributed by atoms with Gasteiger partial charge in [-0.05, 0) is 42.7 Å². The van der Waals surface area contributed by atoms with E-state index in [1.54, 1.807) is 23.5 Å². The molecule has 1 amide bonds. The maximum atomic E-state index is 13.0. The second kappa shape index (κ2) is 6.75. The highest BCUT2D eigenvalue weighted by Gasteiger charge is 2.36. The quantitative estimate of drug-likeness (QED) is 0.927. The minimum atomic E-state index is -3.58. The molecule has 1 aliphatic rings. The van der Waals surface area contributed by atoms with Crippen molar-refractivity contribution in [3.05, 3.63) is 65.7 Å². The molecule has 24 heavy (non-hydrogen) atoms. The van der Waals surface area contributed by atoms with Crippen molar-refractivity contribution in [3.63, 3.8) is 0 Å². The van der Waals surface area contributed by atoms with Crippen LogP contribution in [0.5, 0.6) is 0 Å². The number of benzene rings is 2. The molecule has 6 heteroatoms. The molecule has 0 radical (unpaired) electrons. The highest BCUT2D eigenvalue weighted by atomic mass is 32.2. The van der Waals surface area contributed by atoms with Gasteiger partial charge in [-0.25, -0.2) is 8.42 Å². The van der Waals surface area contributed by atoms with Crippen molar-refractivity contribution in [2.75, 3.05) is 13.6 Å². The van der Waals surface area contributed by atoms with Crippen LogP contribution in [0.25, 0.3) is 0 Å². The largest absolute Gasteiger partial charge is 0.355 e. The predicted octanol–water partition coefficient (Wildman–Crippen LogP) is 2.57. The fourth-order valence-electron chi connectivity index (χ4n) is 3.09. The predicted molar refractivity (Wildman–Crippen MR) is 92.1 cm³/mol. The Morgan fingerprint density at radius 1 is 1.08 bits per heavy atom. The van der Waals surface area contributed by atoms with Crippen molar-refractivity contribution >= 4 is 15.9 Å². The van der Waals surface area contributed by atoms with Gasteiger partial charge in [0.05, 0.1) is 10.9 Å². The van der Waals surface area contributed by atoms with Gasteiger partial charge in [0.25, 0.3) is 5.91 Å². The Bertz CT molecular complexity index is 817. The Kier molecular flexibility index (Phi) is 4.69. The summed E-state index contributed by atoms with van der Waals surface area (Å²) in [6.45, 7) is 0.513. The number of nitrogens with zero attached hydrogens (tertiary/aromatic N) is 1. The van der Waals surface area contributed by atoms with E-state index >= 15 is 0 Å². The Balaban J connectivity index is 1.91. The number of hydrogen-bond acceptors (Lipinski definition) is 3. The average molecular weight is 344 g/mol. The van der Waals surface area contributed by atoms with Crippen molar-refractivity contribution in [2.24, 2.45) is 0 Å². The summed E-state index contributed by atoms with van der Waals surface area (Å²) in [6, 6.07) is 15.7. The third-order valence-electron chi connectivity index (χ3n) is 4.34. The van der Waals surface area contributed by atoms with Crippen LogP contribution in [0.4, 0.5) is 0 Å². The highest BCUT2D eigenvalue weighted by molar-refractivity contribution is 7.89. The molecule has 3 rings (SSSR count). The maximum absolute atomic E-state index is 13.0. The summed E-state index contributed by atoms with van der Waals surface area (Å²) in [5.74, 6) is -0.234. The van der Waals surface area contributed by atoms with Crippen molar-refractivity contribution in [3.8, 4) is 0 Å². The standard InChI is InChI=1S/C18H20N2O3S/c1-19-18(21)15-9-11-16(12-10-15)24(22,23)20-13-5-8-17(20)14-6-3-2-4-7-14/h2-4,6-7,9-12,17H,5,8,13H2,1H3,(H,19,21). The number of carbonyl (C=O) groups excluding carboxylic acids is 1. The summed E-state index contributed by atoms with van der Waals surface area (Å²) in [5, 5.41) is 2.52. The normalized spacial score (nSPS) is 18.5. The third kappa shape index (κ3) is 3.07. The lowest BCUT2D eigenvalue weighted by Gasteiger charge is -2.24. The summed E-state index contributed by atoms with van der Waals surface area (Å²) >= 11 is 0. The van der Waals surface area contributed by atoms with Crippen LogP contribution in [0.3, 0.4) is 0 Å². The molecule has 0 saturated carbocycles. The molecule has 1 unspecified atom stereocenters. The van der Waals surface area contributed by atoms with Gasteiger partial charge in [-0.1, -0.05) is 30.3 Å². The summed E-state index contributed by atoms with van der Waals surface area (Å²) in [6.07, 6.45) is 1.66. The van der Waals surface area contributed by atoms with E-state index in [-0.39, 0.29) is 16.8 Å². The monoisotopic (exact) mass is 344 g/mol. The highest BCUT2D eigenvalue weighted by Crippen LogP contribution is 2.36. The van der Waals surface area contributed by atoms with E-state index < -0.39 is 10.0 Å². The Hall–Kier alpha value is -2.18. The van der Waals surface area contributed by atoms with Crippen LogP contribution in [0.2, 0.25) is 0 Å². The number of hydrogen-bond donors (Lipinski definition) is 1. The van der Waals surface area contributed by atoms with Crippen LogP contribution in [0.15, 0.2) is 59.5 Å².